The van der Waals surface area contributed by atoms with E-state index >= 15 is 0 Å². The Hall–Kier alpha value is -3.00. The van der Waals surface area contributed by atoms with Crippen molar-refractivity contribution in [3.05, 3.63) is 53.3 Å². The third-order valence-electron chi connectivity index (χ3n) is 5.26. The molecule has 2 aromatic heterocycles. The maximum Gasteiger partial charge on any atom is 0.270 e. The zero-order valence-corrected chi connectivity index (χ0v) is 18.1. The van der Waals surface area contributed by atoms with Gasteiger partial charge in [-0.15, -0.1) is 11.3 Å². The highest BCUT2D eigenvalue weighted by atomic mass is 32.1. The first kappa shape index (κ1) is 20.3. The van der Waals surface area contributed by atoms with Crippen LogP contribution in [0.3, 0.4) is 0 Å². The van der Waals surface area contributed by atoms with Crippen molar-refractivity contribution in [1.29, 1.82) is 0 Å². The summed E-state index contributed by atoms with van der Waals surface area (Å²) in [5.41, 5.74) is 2.69. The summed E-state index contributed by atoms with van der Waals surface area (Å²) < 4.78 is 1.70. The molecule has 0 spiro atoms. The van der Waals surface area contributed by atoms with Crippen LogP contribution in [-0.4, -0.2) is 51.1 Å². The molecule has 156 valence electrons. The van der Waals surface area contributed by atoms with Crippen molar-refractivity contribution in [3.63, 3.8) is 0 Å². The molecule has 0 aliphatic carbocycles. The Kier molecular flexibility index (Phi) is 5.94. The minimum atomic E-state index is -0.211. The van der Waals surface area contributed by atoms with Gasteiger partial charge in [0.25, 0.3) is 5.91 Å². The number of hydrogen-bond acceptors (Lipinski definition) is 5. The van der Waals surface area contributed by atoms with Gasteiger partial charge >= 0.3 is 0 Å². The SMILES string of the molecule is Cc1ccc(N(CC(=O)N2CCCCC2)C(=O)c2cnc(-c3cnn(C)c3)s2)cc1. The largest absolute Gasteiger partial charge is 0.341 e. The molecule has 1 aromatic carbocycles. The molecule has 0 unspecified atom stereocenters. The summed E-state index contributed by atoms with van der Waals surface area (Å²) in [6.07, 6.45) is 8.38. The molecule has 7 nitrogen and oxygen atoms in total. The van der Waals surface area contributed by atoms with Gasteiger partial charge in [-0.1, -0.05) is 17.7 Å². The Balaban J connectivity index is 1.59. The quantitative estimate of drug-likeness (QED) is 0.630. The van der Waals surface area contributed by atoms with Crippen LogP contribution in [0.25, 0.3) is 10.6 Å². The molecule has 1 aliphatic rings. The fourth-order valence-electron chi connectivity index (χ4n) is 3.55. The van der Waals surface area contributed by atoms with Crippen LogP contribution in [0.15, 0.2) is 42.9 Å². The molecule has 0 radical (unpaired) electrons. The number of thiazole rings is 1. The number of carbonyl (C=O) groups is 2. The summed E-state index contributed by atoms with van der Waals surface area (Å²) in [6.45, 7) is 3.56. The van der Waals surface area contributed by atoms with Crippen LogP contribution >= 0.6 is 11.3 Å². The molecule has 1 aliphatic heterocycles. The zero-order chi connectivity index (χ0) is 21.1. The van der Waals surface area contributed by atoms with E-state index in [1.807, 2.05) is 49.3 Å². The van der Waals surface area contributed by atoms with Crippen molar-refractivity contribution >= 4 is 28.8 Å². The third kappa shape index (κ3) is 4.43. The number of nitrogens with zero attached hydrogens (tertiary/aromatic N) is 5. The van der Waals surface area contributed by atoms with E-state index in [1.165, 1.54) is 11.3 Å². The summed E-state index contributed by atoms with van der Waals surface area (Å²) in [6, 6.07) is 7.68. The van der Waals surface area contributed by atoms with Crippen LogP contribution < -0.4 is 4.90 Å². The summed E-state index contributed by atoms with van der Waals surface area (Å²) in [7, 11) is 1.84. The monoisotopic (exact) mass is 423 g/mol. The number of aromatic nitrogens is 3. The summed E-state index contributed by atoms with van der Waals surface area (Å²) in [5.74, 6) is -0.225. The highest BCUT2D eigenvalue weighted by molar-refractivity contribution is 7.17. The van der Waals surface area contributed by atoms with E-state index in [9.17, 15) is 9.59 Å². The van der Waals surface area contributed by atoms with Gasteiger partial charge in [0.15, 0.2) is 0 Å². The second kappa shape index (κ2) is 8.79. The average Bonchev–Trinajstić information content (AvgIpc) is 3.42. The van der Waals surface area contributed by atoms with Gasteiger partial charge < -0.3 is 4.90 Å². The lowest BCUT2D eigenvalue weighted by atomic mass is 10.1. The van der Waals surface area contributed by atoms with Gasteiger partial charge in [0.05, 0.1) is 12.4 Å². The van der Waals surface area contributed by atoms with E-state index in [2.05, 4.69) is 10.1 Å². The van der Waals surface area contributed by atoms with Crippen molar-refractivity contribution in [1.82, 2.24) is 19.7 Å². The first-order chi connectivity index (χ1) is 14.5. The summed E-state index contributed by atoms with van der Waals surface area (Å²) >= 11 is 1.32. The predicted octanol–water partition coefficient (Wildman–Crippen LogP) is 3.51. The number of carbonyl (C=O) groups excluding carboxylic acids is 2. The lowest BCUT2D eigenvalue weighted by molar-refractivity contribution is -0.130. The van der Waals surface area contributed by atoms with E-state index < -0.39 is 0 Å². The predicted molar refractivity (Wildman–Crippen MR) is 118 cm³/mol. The molecule has 0 atom stereocenters. The molecule has 2 amide bonds. The maximum atomic E-state index is 13.4. The number of likely N-dealkylation sites (tertiary alicyclic amines) is 1. The van der Waals surface area contributed by atoms with Crippen LogP contribution in [0.5, 0.6) is 0 Å². The Morgan fingerprint density at radius 1 is 1.10 bits per heavy atom. The normalized spacial score (nSPS) is 14.0. The van der Waals surface area contributed by atoms with Crippen LogP contribution in [0, 0.1) is 6.92 Å². The number of piperidine rings is 1. The molecular formula is C22H25N5O2S. The Labute approximate surface area is 179 Å². The second-order valence-corrected chi connectivity index (χ2v) is 8.63. The van der Waals surface area contributed by atoms with E-state index in [0.717, 1.165) is 48.5 Å². The Morgan fingerprint density at radius 3 is 2.50 bits per heavy atom. The molecule has 3 heterocycles. The van der Waals surface area contributed by atoms with E-state index in [4.69, 9.17) is 0 Å². The van der Waals surface area contributed by atoms with E-state index in [-0.39, 0.29) is 18.4 Å². The fourth-order valence-corrected chi connectivity index (χ4v) is 4.39. The molecule has 0 saturated carbocycles. The Morgan fingerprint density at radius 2 is 1.83 bits per heavy atom. The van der Waals surface area contributed by atoms with Crippen molar-refractivity contribution in [2.24, 2.45) is 7.05 Å². The average molecular weight is 424 g/mol. The van der Waals surface area contributed by atoms with Gasteiger partial charge in [-0.05, 0) is 38.3 Å². The van der Waals surface area contributed by atoms with Crippen molar-refractivity contribution < 1.29 is 9.59 Å². The van der Waals surface area contributed by atoms with Gasteiger partial charge in [-0.25, -0.2) is 4.98 Å². The molecular weight excluding hydrogens is 398 g/mol. The number of benzene rings is 1. The van der Waals surface area contributed by atoms with Gasteiger partial charge in [0.2, 0.25) is 5.91 Å². The van der Waals surface area contributed by atoms with E-state index in [1.54, 1.807) is 22.0 Å². The molecule has 0 bridgehead atoms. The van der Waals surface area contributed by atoms with Crippen LogP contribution in [0.4, 0.5) is 5.69 Å². The Bertz CT molecular complexity index is 1030. The minimum Gasteiger partial charge on any atom is -0.341 e. The lowest BCUT2D eigenvalue weighted by Crippen LogP contribution is -2.44. The number of hydrogen-bond donors (Lipinski definition) is 0. The first-order valence-corrected chi connectivity index (χ1v) is 10.9. The standard InChI is InChI=1S/C22H25N5O2S/c1-16-6-8-18(9-7-16)27(15-20(28)26-10-4-3-5-11-26)22(29)19-13-23-21(30-19)17-12-24-25(2)14-17/h6-9,12-14H,3-5,10-11,15H2,1-2H3. The number of amides is 2. The molecule has 1 saturated heterocycles. The van der Waals surface area contributed by atoms with Crippen LogP contribution in [0.2, 0.25) is 0 Å². The van der Waals surface area contributed by atoms with E-state index in [0.29, 0.717) is 10.6 Å². The maximum absolute atomic E-state index is 13.4. The minimum absolute atomic E-state index is 0.0133. The van der Waals surface area contributed by atoms with Gasteiger partial charge in [0, 0.05) is 37.6 Å². The number of anilines is 1. The third-order valence-corrected chi connectivity index (χ3v) is 6.30. The van der Waals surface area contributed by atoms with Gasteiger partial charge in [0.1, 0.15) is 16.4 Å². The van der Waals surface area contributed by atoms with Crippen molar-refractivity contribution in [2.75, 3.05) is 24.5 Å². The van der Waals surface area contributed by atoms with Gasteiger partial charge in [-0.3, -0.25) is 19.2 Å². The molecule has 30 heavy (non-hydrogen) atoms. The zero-order valence-electron chi connectivity index (χ0n) is 17.2. The molecule has 8 heteroatoms. The van der Waals surface area contributed by atoms with Crippen molar-refractivity contribution in [2.45, 2.75) is 26.2 Å². The molecule has 0 N–H and O–H groups in total. The molecule has 1 fully saturated rings. The summed E-state index contributed by atoms with van der Waals surface area (Å²) in [4.78, 5) is 34.7. The summed E-state index contributed by atoms with van der Waals surface area (Å²) in [5, 5.41) is 4.90. The highest BCUT2D eigenvalue weighted by Gasteiger charge is 2.26. The lowest BCUT2D eigenvalue weighted by Gasteiger charge is -2.30. The smallest absolute Gasteiger partial charge is 0.270 e. The highest BCUT2D eigenvalue weighted by Crippen LogP contribution is 2.27. The molecule has 4 rings (SSSR count). The molecule has 3 aromatic rings. The van der Waals surface area contributed by atoms with Crippen LogP contribution in [0.1, 0.15) is 34.5 Å². The first-order valence-electron chi connectivity index (χ1n) is 10.1. The van der Waals surface area contributed by atoms with Gasteiger partial charge in [-0.2, -0.15) is 5.10 Å². The van der Waals surface area contributed by atoms with Crippen molar-refractivity contribution in [3.8, 4) is 10.6 Å². The second-order valence-electron chi connectivity index (χ2n) is 7.60. The van der Waals surface area contributed by atoms with Crippen LogP contribution in [-0.2, 0) is 11.8 Å². The number of rotatable bonds is 5. The number of aryl methyl sites for hydroxylation is 2. The topological polar surface area (TPSA) is 71.3 Å². The fraction of sp³-hybridized carbons (Fsp3) is 0.364.